The zero-order valence-electron chi connectivity index (χ0n) is 9.82. The van der Waals surface area contributed by atoms with Gasteiger partial charge in [-0.15, -0.1) is 6.58 Å². The number of amides is 1. The van der Waals surface area contributed by atoms with Gasteiger partial charge in [-0.05, 0) is 19.3 Å². The van der Waals surface area contributed by atoms with E-state index in [0.717, 1.165) is 0 Å². The average molecular weight is 228 g/mol. The van der Waals surface area contributed by atoms with Crippen molar-refractivity contribution in [3.63, 3.8) is 0 Å². The van der Waals surface area contributed by atoms with E-state index in [4.69, 9.17) is 10.8 Å². The number of carboxylic acid groups (broad SMARTS) is 1. The number of nitrogens with two attached hydrogens (primary N) is 1. The molecule has 0 aliphatic heterocycles. The van der Waals surface area contributed by atoms with Crippen molar-refractivity contribution < 1.29 is 14.7 Å². The normalized spacial score (nSPS) is 12.9. The first-order chi connectivity index (χ1) is 7.41. The van der Waals surface area contributed by atoms with E-state index >= 15 is 0 Å². The summed E-state index contributed by atoms with van der Waals surface area (Å²) in [6.45, 7) is 7.04. The van der Waals surface area contributed by atoms with Crippen molar-refractivity contribution in [3.8, 4) is 0 Å². The molecule has 0 radical (unpaired) electrons. The molecule has 1 unspecified atom stereocenters. The molecule has 0 aromatic carbocycles. The lowest BCUT2D eigenvalue weighted by molar-refractivity contribution is -0.142. The molecule has 1 atom stereocenters. The predicted molar refractivity (Wildman–Crippen MR) is 61.9 cm³/mol. The predicted octanol–water partition coefficient (Wildman–Crippen LogP) is 0.649. The third-order valence-electron chi connectivity index (χ3n) is 2.72. The van der Waals surface area contributed by atoms with E-state index in [1.807, 2.05) is 0 Å². The van der Waals surface area contributed by atoms with Crippen LogP contribution < -0.4 is 11.1 Å². The lowest BCUT2D eigenvalue weighted by Crippen LogP contribution is -2.56. The molecule has 0 fully saturated rings. The minimum Gasteiger partial charge on any atom is -0.480 e. The summed E-state index contributed by atoms with van der Waals surface area (Å²) >= 11 is 0. The highest BCUT2D eigenvalue weighted by molar-refractivity contribution is 5.89. The van der Waals surface area contributed by atoms with E-state index < -0.39 is 23.5 Å². The molecule has 5 nitrogen and oxygen atoms in total. The second-order valence-electron chi connectivity index (χ2n) is 3.75. The molecule has 92 valence electrons. The zero-order chi connectivity index (χ0) is 12.8. The fourth-order valence-corrected chi connectivity index (χ4v) is 1.26. The topological polar surface area (TPSA) is 92.4 Å². The molecule has 0 rings (SSSR count). The quantitative estimate of drug-likeness (QED) is 0.558. The molecule has 0 heterocycles. The Morgan fingerprint density at radius 2 is 2.00 bits per heavy atom. The first kappa shape index (κ1) is 14.6. The number of carbonyl (C=O) groups excluding carboxylic acids is 1. The molecule has 0 saturated heterocycles. The molecule has 1 amide bonds. The van der Waals surface area contributed by atoms with Gasteiger partial charge in [0.15, 0.2) is 0 Å². The van der Waals surface area contributed by atoms with Crippen molar-refractivity contribution in [2.75, 3.05) is 0 Å². The van der Waals surface area contributed by atoms with Gasteiger partial charge in [-0.2, -0.15) is 0 Å². The fourth-order valence-electron chi connectivity index (χ4n) is 1.26. The molecule has 0 spiro atoms. The highest BCUT2D eigenvalue weighted by atomic mass is 16.4. The van der Waals surface area contributed by atoms with Gasteiger partial charge in [-0.1, -0.05) is 19.9 Å². The summed E-state index contributed by atoms with van der Waals surface area (Å²) in [6.07, 6.45) is 2.57. The Morgan fingerprint density at radius 3 is 2.31 bits per heavy atom. The zero-order valence-corrected chi connectivity index (χ0v) is 9.82. The van der Waals surface area contributed by atoms with Gasteiger partial charge in [0.05, 0.1) is 5.54 Å². The Bertz CT molecular complexity index is 272. The van der Waals surface area contributed by atoms with Gasteiger partial charge < -0.3 is 16.2 Å². The smallest absolute Gasteiger partial charge is 0.326 e. The van der Waals surface area contributed by atoms with Gasteiger partial charge in [0.2, 0.25) is 5.91 Å². The van der Waals surface area contributed by atoms with Crippen LogP contribution in [0.5, 0.6) is 0 Å². The number of hydrogen-bond acceptors (Lipinski definition) is 3. The van der Waals surface area contributed by atoms with Crippen LogP contribution >= 0.6 is 0 Å². The van der Waals surface area contributed by atoms with Crippen molar-refractivity contribution in [2.45, 2.75) is 44.7 Å². The van der Waals surface area contributed by atoms with E-state index in [-0.39, 0.29) is 6.42 Å². The van der Waals surface area contributed by atoms with Crippen LogP contribution in [0, 0.1) is 0 Å². The Balaban J connectivity index is 4.62. The number of rotatable bonds is 7. The van der Waals surface area contributed by atoms with Crippen molar-refractivity contribution in [2.24, 2.45) is 5.73 Å². The van der Waals surface area contributed by atoms with Gasteiger partial charge in [-0.25, -0.2) is 4.79 Å². The standard InChI is InChI=1S/C11H20N2O3/c1-4-7-8(9(14)15)13-10(16)11(12,5-2)6-3/h4,8H,1,5-7,12H2,2-3H3,(H,13,16)(H,14,15). The molecule has 5 heteroatoms. The number of nitrogens with one attached hydrogen (secondary N) is 1. The van der Waals surface area contributed by atoms with E-state index in [0.29, 0.717) is 12.8 Å². The molecule has 4 N–H and O–H groups in total. The minimum atomic E-state index is -1.08. The van der Waals surface area contributed by atoms with Crippen molar-refractivity contribution in [1.29, 1.82) is 0 Å². The van der Waals surface area contributed by atoms with E-state index in [1.54, 1.807) is 13.8 Å². The number of carboxylic acids is 1. The van der Waals surface area contributed by atoms with Crippen LogP contribution in [0.2, 0.25) is 0 Å². The van der Waals surface area contributed by atoms with Crippen molar-refractivity contribution in [3.05, 3.63) is 12.7 Å². The molecular weight excluding hydrogens is 208 g/mol. The lowest BCUT2D eigenvalue weighted by atomic mass is 9.92. The summed E-state index contributed by atoms with van der Waals surface area (Å²) in [6, 6.07) is -0.953. The maximum atomic E-state index is 11.8. The minimum absolute atomic E-state index is 0.185. The van der Waals surface area contributed by atoms with Gasteiger partial charge in [0.25, 0.3) is 0 Å². The maximum absolute atomic E-state index is 11.8. The molecule has 0 aromatic heterocycles. The number of carbonyl (C=O) groups is 2. The second kappa shape index (κ2) is 6.27. The van der Waals surface area contributed by atoms with E-state index in [2.05, 4.69) is 11.9 Å². The summed E-state index contributed by atoms with van der Waals surface area (Å²) in [5.74, 6) is -1.51. The highest BCUT2D eigenvalue weighted by Crippen LogP contribution is 2.12. The largest absolute Gasteiger partial charge is 0.480 e. The highest BCUT2D eigenvalue weighted by Gasteiger charge is 2.32. The van der Waals surface area contributed by atoms with Crippen molar-refractivity contribution >= 4 is 11.9 Å². The van der Waals surface area contributed by atoms with Crippen molar-refractivity contribution in [1.82, 2.24) is 5.32 Å². The van der Waals surface area contributed by atoms with Gasteiger partial charge >= 0.3 is 5.97 Å². The molecule has 0 bridgehead atoms. The van der Waals surface area contributed by atoms with E-state index in [1.165, 1.54) is 6.08 Å². The van der Waals surface area contributed by atoms with Gasteiger partial charge in [0.1, 0.15) is 6.04 Å². The monoisotopic (exact) mass is 228 g/mol. The van der Waals surface area contributed by atoms with Crippen LogP contribution in [0.3, 0.4) is 0 Å². The van der Waals surface area contributed by atoms with Crippen LogP contribution in [0.25, 0.3) is 0 Å². The van der Waals surface area contributed by atoms with Crippen LogP contribution in [-0.2, 0) is 9.59 Å². The Labute approximate surface area is 95.7 Å². The third-order valence-corrected chi connectivity index (χ3v) is 2.72. The third kappa shape index (κ3) is 3.66. The van der Waals surface area contributed by atoms with Gasteiger partial charge in [0, 0.05) is 0 Å². The summed E-state index contributed by atoms with van der Waals surface area (Å²) in [5, 5.41) is 11.3. The molecule has 0 aliphatic carbocycles. The van der Waals surface area contributed by atoms with Crippen LogP contribution in [0.1, 0.15) is 33.1 Å². The SMILES string of the molecule is C=CCC(NC(=O)C(N)(CC)CC)C(=O)O. The number of aliphatic carboxylic acids is 1. The van der Waals surface area contributed by atoms with Gasteiger partial charge in [-0.3, -0.25) is 4.79 Å². The molecule has 0 aromatic rings. The fraction of sp³-hybridized carbons (Fsp3) is 0.636. The maximum Gasteiger partial charge on any atom is 0.326 e. The summed E-state index contributed by atoms with van der Waals surface area (Å²) in [5.41, 5.74) is 4.86. The second-order valence-corrected chi connectivity index (χ2v) is 3.75. The molecule has 0 aliphatic rings. The molecule has 0 saturated carbocycles. The Morgan fingerprint density at radius 1 is 1.50 bits per heavy atom. The average Bonchev–Trinajstić information content (AvgIpc) is 2.26. The summed E-state index contributed by atoms with van der Waals surface area (Å²) < 4.78 is 0. The summed E-state index contributed by atoms with van der Waals surface area (Å²) in [4.78, 5) is 22.6. The Hall–Kier alpha value is -1.36. The van der Waals surface area contributed by atoms with Crippen LogP contribution in [0.15, 0.2) is 12.7 Å². The first-order valence-corrected chi connectivity index (χ1v) is 5.34. The van der Waals surface area contributed by atoms with E-state index in [9.17, 15) is 9.59 Å². The van der Waals surface area contributed by atoms with Crippen LogP contribution in [0.4, 0.5) is 0 Å². The Kier molecular flexibility index (Phi) is 5.74. The summed E-state index contributed by atoms with van der Waals surface area (Å²) in [7, 11) is 0. The first-order valence-electron chi connectivity index (χ1n) is 5.34. The van der Waals surface area contributed by atoms with Crippen LogP contribution in [-0.4, -0.2) is 28.6 Å². The number of hydrogen-bond donors (Lipinski definition) is 3. The molecule has 16 heavy (non-hydrogen) atoms. The molecular formula is C11H20N2O3. The lowest BCUT2D eigenvalue weighted by Gasteiger charge is -2.27.